The maximum Gasteiger partial charge on any atom is 0.258 e. The molecule has 2 aromatic carbocycles. The van der Waals surface area contributed by atoms with Crippen molar-refractivity contribution in [2.24, 2.45) is 0 Å². The summed E-state index contributed by atoms with van der Waals surface area (Å²) in [6.45, 7) is 16.0. The first-order chi connectivity index (χ1) is 16.8. The molecule has 0 aliphatic carbocycles. The molecule has 2 aromatic rings. The summed E-state index contributed by atoms with van der Waals surface area (Å²) in [5.41, 5.74) is 1.22. The highest BCUT2D eigenvalue weighted by atomic mass is 35.5. The van der Waals surface area contributed by atoms with Crippen LogP contribution in [0.3, 0.4) is 0 Å². The first-order valence-corrected chi connectivity index (χ1v) is 15.6. The molecule has 0 aromatic heterocycles. The molecule has 1 atom stereocenters. The average Bonchev–Trinajstić information content (AvgIpc) is 2.82. The summed E-state index contributed by atoms with van der Waals surface area (Å²) in [7, 11) is -2.30. The minimum Gasteiger partial charge on any atom is -0.541 e. The number of aliphatic hydroxyl groups is 1. The van der Waals surface area contributed by atoms with E-state index in [1.807, 2.05) is 19.1 Å². The third kappa shape index (κ3) is 5.72. The van der Waals surface area contributed by atoms with E-state index in [0.29, 0.717) is 53.1 Å². The molecular formula is C29H41ClFNO3Si. The number of carbonyl (C=O) groups excluding carboxylic acids is 1. The summed E-state index contributed by atoms with van der Waals surface area (Å²) in [4.78, 5) is 15.3. The first kappa shape index (κ1) is 28.8. The van der Waals surface area contributed by atoms with Gasteiger partial charge in [0.05, 0.1) is 11.6 Å². The Morgan fingerprint density at radius 2 is 1.50 bits per heavy atom. The number of piperidine rings is 1. The third-order valence-electron chi connectivity index (χ3n) is 8.14. The number of hydrogen-bond donors (Lipinski definition) is 1. The van der Waals surface area contributed by atoms with Crippen LogP contribution < -0.4 is 4.43 Å². The van der Waals surface area contributed by atoms with Gasteiger partial charge >= 0.3 is 0 Å². The van der Waals surface area contributed by atoms with Gasteiger partial charge in [0.1, 0.15) is 5.75 Å². The van der Waals surface area contributed by atoms with Gasteiger partial charge in [-0.05, 0) is 72.3 Å². The van der Waals surface area contributed by atoms with Crippen molar-refractivity contribution in [2.75, 3.05) is 13.1 Å². The van der Waals surface area contributed by atoms with Gasteiger partial charge in [0.2, 0.25) is 0 Å². The molecule has 36 heavy (non-hydrogen) atoms. The van der Waals surface area contributed by atoms with E-state index in [4.69, 9.17) is 16.0 Å². The zero-order valence-electron chi connectivity index (χ0n) is 22.6. The fraction of sp³-hybridized carbons (Fsp3) is 0.552. The average molecular weight is 534 g/mol. The van der Waals surface area contributed by atoms with Crippen molar-refractivity contribution in [1.29, 1.82) is 0 Å². The van der Waals surface area contributed by atoms with Crippen molar-refractivity contribution in [1.82, 2.24) is 4.90 Å². The van der Waals surface area contributed by atoms with Gasteiger partial charge in [-0.3, -0.25) is 9.69 Å². The Bertz CT molecular complexity index is 1030. The zero-order valence-corrected chi connectivity index (χ0v) is 24.4. The lowest BCUT2D eigenvalue weighted by Gasteiger charge is -2.42. The highest BCUT2D eigenvalue weighted by molar-refractivity contribution is 6.78. The second-order valence-electron chi connectivity index (χ2n) is 11.2. The van der Waals surface area contributed by atoms with Gasteiger partial charge in [0, 0.05) is 23.7 Å². The topological polar surface area (TPSA) is 49.8 Å². The molecular weight excluding hydrogens is 493 g/mol. The molecule has 3 rings (SSSR count). The molecule has 0 amide bonds. The van der Waals surface area contributed by atoms with Crippen LogP contribution in [-0.2, 0) is 5.60 Å². The summed E-state index contributed by atoms with van der Waals surface area (Å²) in [5.74, 6) is -0.368. The summed E-state index contributed by atoms with van der Waals surface area (Å²) < 4.78 is 21.8. The molecule has 198 valence electrons. The lowest BCUT2D eigenvalue weighted by Crippen LogP contribution is -2.50. The van der Waals surface area contributed by atoms with Gasteiger partial charge in [0.15, 0.2) is 11.6 Å². The Morgan fingerprint density at radius 3 is 1.97 bits per heavy atom. The predicted molar refractivity (Wildman–Crippen MR) is 148 cm³/mol. The van der Waals surface area contributed by atoms with E-state index in [9.17, 15) is 9.90 Å². The first-order valence-electron chi connectivity index (χ1n) is 13.1. The summed E-state index contributed by atoms with van der Waals surface area (Å²) in [6, 6.07) is 11.5. The lowest BCUT2D eigenvalue weighted by molar-refractivity contribution is -0.0318. The number of benzene rings is 2. The number of nitrogens with zero attached hydrogens (tertiary/aromatic N) is 1. The molecule has 0 spiro atoms. The Balaban J connectivity index is 1.72. The van der Waals surface area contributed by atoms with E-state index < -0.39 is 25.8 Å². The van der Waals surface area contributed by atoms with Crippen molar-refractivity contribution in [3.63, 3.8) is 0 Å². The normalized spacial score (nSPS) is 17.6. The monoisotopic (exact) mass is 533 g/mol. The molecule has 4 nitrogen and oxygen atoms in total. The summed E-state index contributed by atoms with van der Waals surface area (Å²) >= 11 is 5.99. The molecule has 0 bridgehead atoms. The molecule has 1 aliphatic rings. The summed E-state index contributed by atoms with van der Waals surface area (Å²) in [5, 5.41) is 11.8. The second kappa shape index (κ2) is 11.3. The second-order valence-corrected chi connectivity index (χ2v) is 17.0. The van der Waals surface area contributed by atoms with Gasteiger partial charge in [-0.2, -0.15) is 0 Å². The Kier molecular flexibility index (Phi) is 9.08. The van der Waals surface area contributed by atoms with E-state index in [-0.39, 0.29) is 11.5 Å². The highest BCUT2D eigenvalue weighted by Crippen LogP contribution is 2.43. The van der Waals surface area contributed by atoms with Gasteiger partial charge in [-0.15, -0.1) is 0 Å². The van der Waals surface area contributed by atoms with Crippen LogP contribution in [0.5, 0.6) is 5.75 Å². The third-order valence-corrected chi connectivity index (χ3v) is 14.4. The highest BCUT2D eigenvalue weighted by Gasteiger charge is 2.47. The predicted octanol–water partition coefficient (Wildman–Crippen LogP) is 7.59. The number of halogens is 2. The minimum absolute atomic E-state index is 0.127. The fourth-order valence-electron chi connectivity index (χ4n) is 6.02. The van der Waals surface area contributed by atoms with E-state index in [1.165, 1.54) is 6.07 Å². The van der Waals surface area contributed by atoms with Crippen LogP contribution in [0.15, 0.2) is 42.5 Å². The fourth-order valence-corrected chi connectivity index (χ4v) is 11.4. The van der Waals surface area contributed by atoms with Gasteiger partial charge in [0.25, 0.3) is 8.32 Å². The van der Waals surface area contributed by atoms with E-state index in [0.717, 1.165) is 5.56 Å². The SMILES string of the molecule is CC(C(=O)c1ccc(O[Si](C(C)C)(C(C)C)C(C)C)c(F)c1)N1CCC(O)(c2ccc(Cl)cc2)CC1. The Morgan fingerprint density at radius 1 is 0.972 bits per heavy atom. The van der Waals surface area contributed by atoms with Gasteiger partial charge < -0.3 is 9.53 Å². The molecule has 1 saturated heterocycles. The number of ketones is 1. The number of carbonyl (C=O) groups is 1. The smallest absolute Gasteiger partial charge is 0.258 e. The van der Waals surface area contributed by atoms with Gasteiger partial charge in [-0.25, -0.2) is 4.39 Å². The molecule has 1 fully saturated rings. The number of rotatable bonds is 9. The molecule has 0 radical (unpaired) electrons. The van der Waals surface area contributed by atoms with Crippen LogP contribution in [0.25, 0.3) is 0 Å². The van der Waals surface area contributed by atoms with Crippen LogP contribution in [0, 0.1) is 5.82 Å². The van der Waals surface area contributed by atoms with E-state index in [2.05, 4.69) is 46.4 Å². The van der Waals surface area contributed by atoms with Crippen molar-refractivity contribution < 1.29 is 18.7 Å². The molecule has 1 N–H and O–H groups in total. The molecule has 1 heterocycles. The maximum absolute atomic E-state index is 15.2. The Hall–Kier alpha value is -1.73. The summed E-state index contributed by atoms with van der Waals surface area (Å²) in [6.07, 6.45) is 1.03. The minimum atomic E-state index is -2.30. The standard InChI is InChI=1S/C29H41ClFNO3Si/c1-19(2)36(20(3)4,21(5)6)35-27-13-8-23(18-26(27)31)28(33)22(7)32-16-14-29(34,15-17-32)24-9-11-25(30)12-10-24/h8-13,18-22,34H,14-17H2,1-7H3. The largest absolute Gasteiger partial charge is 0.541 e. The van der Waals surface area contributed by atoms with Crippen LogP contribution in [0.2, 0.25) is 21.6 Å². The van der Waals surface area contributed by atoms with Crippen molar-refractivity contribution in [2.45, 2.75) is 89.6 Å². The number of Topliss-reactive ketones (excluding diaryl/α,β-unsaturated/α-hetero) is 1. The quantitative estimate of drug-likeness (QED) is 0.266. The van der Waals surface area contributed by atoms with Crippen LogP contribution in [0.4, 0.5) is 4.39 Å². The van der Waals surface area contributed by atoms with Crippen molar-refractivity contribution in [3.05, 3.63) is 64.4 Å². The van der Waals surface area contributed by atoms with Crippen LogP contribution in [0.1, 0.15) is 77.2 Å². The molecule has 0 saturated carbocycles. The molecule has 7 heteroatoms. The van der Waals surface area contributed by atoms with Crippen molar-refractivity contribution >= 4 is 25.7 Å². The molecule has 1 unspecified atom stereocenters. The van der Waals surface area contributed by atoms with Gasteiger partial charge in [-0.1, -0.05) is 65.3 Å². The zero-order chi connectivity index (χ0) is 26.8. The van der Waals surface area contributed by atoms with Crippen molar-refractivity contribution in [3.8, 4) is 5.75 Å². The lowest BCUT2D eigenvalue weighted by atomic mass is 9.84. The van der Waals surface area contributed by atoms with Crippen LogP contribution in [-0.4, -0.2) is 43.2 Å². The number of likely N-dealkylation sites (tertiary alicyclic amines) is 1. The number of hydrogen-bond acceptors (Lipinski definition) is 4. The van der Waals surface area contributed by atoms with E-state index >= 15 is 4.39 Å². The van der Waals surface area contributed by atoms with E-state index in [1.54, 1.807) is 24.3 Å². The Labute approximate surface area is 221 Å². The van der Waals surface area contributed by atoms with Crippen LogP contribution >= 0.6 is 11.6 Å². The molecule has 1 aliphatic heterocycles. The maximum atomic E-state index is 15.2.